The number of aryl methyl sites for hydroxylation is 1. The van der Waals surface area contributed by atoms with Gasteiger partial charge in [-0.2, -0.15) is 0 Å². The number of halogens is 2. The Bertz CT molecular complexity index is 385. The first-order valence-corrected chi connectivity index (χ1v) is 4.49. The molecule has 16 heavy (non-hydrogen) atoms. The Morgan fingerprint density at radius 1 is 1.56 bits per heavy atom. The number of alkyl halides is 2. The van der Waals surface area contributed by atoms with Crippen molar-refractivity contribution in [3.63, 3.8) is 0 Å². The third kappa shape index (κ3) is 3.41. The van der Waals surface area contributed by atoms with Crippen molar-refractivity contribution in [1.29, 1.82) is 0 Å². The van der Waals surface area contributed by atoms with Crippen LogP contribution in [-0.4, -0.2) is 36.0 Å². The molecule has 0 aromatic carbocycles. The molecule has 1 heterocycles. The number of anilines is 1. The summed E-state index contributed by atoms with van der Waals surface area (Å²) in [5.74, 6) is -0.684. The summed E-state index contributed by atoms with van der Waals surface area (Å²) in [6.07, 6.45) is -2.49. The molecule has 7 heteroatoms. The van der Waals surface area contributed by atoms with E-state index in [1.807, 2.05) is 0 Å². The maximum absolute atomic E-state index is 11.9. The molecule has 0 aliphatic carbocycles. The van der Waals surface area contributed by atoms with E-state index in [1.54, 1.807) is 6.92 Å². The third-order valence-electron chi connectivity index (χ3n) is 1.66. The van der Waals surface area contributed by atoms with E-state index in [2.05, 4.69) is 20.0 Å². The Morgan fingerprint density at radius 3 is 2.81 bits per heavy atom. The minimum Gasteiger partial charge on any atom is -0.463 e. The number of hydrogen-bond donors (Lipinski definition) is 1. The van der Waals surface area contributed by atoms with Crippen LogP contribution >= 0.6 is 0 Å². The van der Waals surface area contributed by atoms with Crippen molar-refractivity contribution in [1.82, 2.24) is 9.97 Å². The molecule has 88 valence electrons. The predicted molar refractivity (Wildman–Crippen MR) is 52.6 cm³/mol. The number of rotatable bonds is 4. The molecule has 0 bridgehead atoms. The zero-order chi connectivity index (χ0) is 12.1. The molecule has 5 nitrogen and oxygen atoms in total. The normalized spacial score (nSPS) is 10.3. The second kappa shape index (κ2) is 5.34. The first-order valence-electron chi connectivity index (χ1n) is 4.49. The number of aromatic nitrogens is 2. The smallest absolute Gasteiger partial charge is 0.376 e. The Labute approximate surface area is 90.9 Å². The summed E-state index contributed by atoms with van der Waals surface area (Å²) in [6.45, 7) is 1.10. The van der Waals surface area contributed by atoms with E-state index in [-0.39, 0.29) is 11.6 Å². The Kier molecular flexibility index (Phi) is 4.10. The number of nitrogens with zero attached hydrogens (tertiary/aromatic N) is 2. The highest BCUT2D eigenvalue weighted by molar-refractivity contribution is 5.85. The van der Waals surface area contributed by atoms with E-state index in [0.29, 0.717) is 5.69 Å². The van der Waals surface area contributed by atoms with Crippen LogP contribution < -0.4 is 5.32 Å². The average Bonchev–Trinajstić information content (AvgIpc) is 2.24. The lowest BCUT2D eigenvalue weighted by molar-refractivity contribution is 0.0586. The molecule has 0 saturated carbocycles. The largest absolute Gasteiger partial charge is 0.463 e. The van der Waals surface area contributed by atoms with Gasteiger partial charge in [0.2, 0.25) is 5.82 Å². The van der Waals surface area contributed by atoms with Gasteiger partial charge in [-0.3, -0.25) is 0 Å². The van der Waals surface area contributed by atoms with Crippen molar-refractivity contribution in [2.45, 2.75) is 13.3 Å². The number of nitrogens with one attached hydrogen (secondary N) is 1. The average molecular weight is 231 g/mol. The number of hydrogen-bond acceptors (Lipinski definition) is 5. The lowest BCUT2D eigenvalue weighted by atomic mass is 10.4. The number of ether oxygens (including phenoxy) is 1. The summed E-state index contributed by atoms with van der Waals surface area (Å²) in [7, 11) is 1.19. The molecule has 0 atom stereocenters. The van der Waals surface area contributed by atoms with Gasteiger partial charge >= 0.3 is 5.97 Å². The topological polar surface area (TPSA) is 64.1 Å². The maximum Gasteiger partial charge on any atom is 0.376 e. The highest BCUT2D eigenvalue weighted by Gasteiger charge is 2.12. The number of carbonyl (C=O) groups is 1. The van der Waals surface area contributed by atoms with Crippen molar-refractivity contribution in [3.05, 3.63) is 17.6 Å². The van der Waals surface area contributed by atoms with Crippen molar-refractivity contribution in [2.75, 3.05) is 19.0 Å². The van der Waals surface area contributed by atoms with E-state index in [0.717, 1.165) is 0 Å². The molecule has 0 fully saturated rings. The summed E-state index contributed by atoms with van der Waals surface area (Å²) in [5.41, 5.74) is 0.493. The third-order valence-corrected chi connectivity index (χ3v) is 1.66. The van der Waals surface area contributed by atoms with Gasteiger partial charge in [-0.15, -0.1) is 0 Å². The molecule has 0 aliphatic heterocycles. The van der Waals surface area contributed by atoms with Crippen LogP contribution in [0, 0.1) is 6.92 Å². The number of carbonyl (C=O) groups excluding carboxylic acids is 1. The van der Waals surface area contributed by atoms with Gasteiger partial charge in [0.25, 0.3) is 6.43 Å². The van der Waals surface area contributed by atoms with Crippen molar-refractivity contribution in [3.8, 4) is 0 Å². The summed E-state index contributed by atoms with van der Waals surface area (Å²) in [5, 5.41) is 2.40. The van der Waals surface area contributed by atoms with E-state index in [9.17, 15) is 13.6 Å². The van der Waals surface area contributed by atoms with E-state index >= 15 is 0 Å². The first kappa shape index (κ1) is 12.3. The fourth-order valence-corrected chi connectivity index (χ4v) is 1.02. The van der Waals surface area contributed by atoms with Gasteiger partial charge < -0.3 is 10.1 Å². The predicted octanol–water partition coefficient (Wildman–Crippen LogP) is 1.25. The van der Waals surface area contributed by atoms with Gasteiger partial charge in [-0.1, -0.05) is 0 Å². The second-order valence-corrected chi connectivity index (χ2v) is 2.98. The number of esters is 1. The van der Waals surface area contributed by atoms with E-state index in [4.69, 9.17) is 0 Å². The quantitative estimate of drug-likeness (QED) is 0.790. The van der Waals surface area contributed by atoms with Crippen molar-refractivity contribution >= 4 is 11.8 Å². The minimum absolute atomic E-state index is 0.153. The van der Waals surface area contributed by atoms with Gasteiger partial charge in [0.05, 0.1) is 13.7 Å². The highest BCUT2D eigenvalue weighted by Crippen LogP contribution is 2.07. The molecule has 0 unspecified atom stereocenters. The van der Waals surface area contributed by atoms with E-state index < -0.39 is 18.9 Å². The Morgan fingerprint density at radius 2 is 2.25 bits per heavy atom. The molecule has 0 aliphatic rings. The lowest BCUT2D eigenvalue weighted by Crippen LogP contribution is -2.15. The molecule has 0 spiro atoms. The van der Waals surface area contributed by atoms with Gasteiger partial charge in [0.1, 0.15) is 5.82 Å². The summed E-state index contributed by atoms with van der Waals surface area (Å²) < 4.78 is 28.3. The van der Waals surface area contributed by atoms with Crippen molar-refractivity contribution in [2.24, 2.45) is 0 Å². The molecule has 1 rings (SSSR count). The van der Waals surface area contributed by atoms with Crippen LogP contribution in [-0.2, 0) is 4.74 Å². The Balaban J connectivity index is 2.85. The van der Waals surface area contributed by atoms with Crippen LogP contribution in [0.3, 0.4) is 0 Å². The summed E-state index contributed by atoms with van der Waals surface area (Å²) >= 11 is 0. The Hall–Kier alpha value is -1.79. The minimum atomic E-state index is -2.49. The standard InChI is InChI=1S/C9H11F2N3O2/c1-5-3-7(12-4-6(10)11)14-8(13-5)9(15)16-2/h3,6H,4H2,1-2H3,(H,12,13,14). The zero-order valence-electron chi connectivity index (χ0n) is 8.83. The van der Waals surface area contributed by atoms with Crippen LogP contribution in [0.25, 0.3) is 0 Å². The van der Waals surface area contributed by atoms with Crippen molar-refractivity contribution < 1.29 is 18.3 Å². The van der Waals surface area contributed by atoms with Gasteiger partial charge in [0.15, 0.2) is 0 Å². The zero-order valence-corrected chi connectivity index (χ0v) is 8.83. The highest BCUT2D eigenvalue weighted by atomic mass is 19.3. The van der Waals surface area contributed by atoms with Gasteiger partial charge in [-0.05, 0) is 6.92 Å². The van der Waals surface area contributed by atoms with Crippen LogP contribution in [0.15, 0.2) is 6.07 Å². The van der Waals surface area contributed by atoms with E-state index in [1.165, 1.54) is 13.2 Å². The fourth-order valence-electron chi connectivity index (χ4n) is 1.02. The van der Waals surface area contributed by atoms with Crippen LogP contribution in [0.5, 0.6) is 0 Å². The fraction of sp³-hybridized carbons (Fsp3) is 0.444. The molecule has 0 radical (unpaired) electrons. The summed E-state index contributed by atoms with van der Waals surface area (Å²) in [6, 6.07) is 1.47. The van der Waals surface area contributed by atoms with Gasteiger partial charge in [-0.25, -0.2) is 23.5 Å². The SMILES string of the molecule is COC(=O)c1nc(C)cc(NCC(F)F)n1. The molecule has 1 N–H and O–H groups in total. The molecule has 0 saturated heterocycles. The monoisotopic (exact) mass is 231 g/mol. The second-order valence-electron chi connectivity index (χ2n) is 2.98. The molecule has 1 aromatic rings. The van der Waals surface area contributed by atoms with Crippen LogP contribution in [0.4, 0.5) is 14.6 Å². The molecule has 1 aromatic heterocycles. The molecular weight excluding hydrogens is 220 g/mol. The van der Waals surface area contributed by atoms with Crippen LogP contribution in [0.2, 0.25) is 0 Å². The maximum atomic E-state index is 11.9. The lowest BCUT2D eigenvalue weighted by Gasteiger charge is -2.06. The van der Waals surface area contributed by atoms with Gasteiger partial charge in [0, 0.05) is 11.8 Å². The molecular formula is C9H11F2N3O2. The summed E-state index contributed by atoms with van der Waals surface area (Å²) in [4.78, 5) is 18.7. The first-order chi connectivity index (χ1) is 7.52. The number of methoxy groups -OCH3 is 1. The van der Waals surface area contributed by atoms with Crippen LogP contribution in [0.1, 0.15) is 16.3 Å². The molecule has 0 amide bonds.